The van der Waals surface area contributed by atoms with E-state index in [0.717, 1.165) is 24.2 Å². The lowest BCUT2D eigenvalue weighted by Gasteiger charge is -2.27. The fraction of sp³-hybridized carbons (Fsp3) is 0.562. The van der Waals surface area contributed by atoms with E-state index in [9.17, 15) is 13.2 Å². The molecule has 0 spiro atoms. The van der Waals surface area contributed by atoms with Gasteiger partial charge in [0.1, 0.15) is 5.75 Å². The lowest BCUT2D eigenvalue weighted by molar-refractivity contribution is -0.132. The molecule has 2 rings (SSSR count). The number of benzene rings is 1. The van der Waals surface area contributed by atoms with E-state index in [0.29, 0.717) is 12.5 Å². The zero-order valence-corrected chi connectivity index (χ0v) is 15.9. The molecular formula is C16H23F3IN3O. The first-order valence-corrected chi connectivity index (χ1v) is 7.74. The quantitative estimate of drug-likeness (QED) is 0.388. The summed E-state index contributed by atoms with van der Waals surface area (Å²) in [5.74, 6) is 1.16. The molecule has 4 nitrogen and oxygen atoms in total. The Kier molecular flexibility index (Phi) is 8.65. The highest BCUT2D eigenvalue weighted by Crippen LogP contribution is 2.27. The summed E-state index contributed by atoms with van der Waals surface area (Å²) in [6.45, 7) is 0.234. The molecule has 0 heterocycles. The summed E-state index contributed by atoms with van der Waals surface area (Å²) < 4.78 is 42.4. The van der Waals surface area contributed by atoms with E-state index >= 15 is 0 Å². The van der Waals surface area contributed by atoms with E-state index in [1.54, 1.807) is 0 Å². The van der Waals surface area contributed by atoms with Gasteiger partial charge in [-0.1, -0.05) is 18.2 Å². The average molecular weight is 457 g/mol. The molecule has 1 aliphatic rings. The van der Waals surface area contributed by atoms with Crippen LogP contribution >= 0.6 is 24.0 Å². The van der Waals surface area contributed by atoms with E-state index in [-0.39, 0.29) is 36.6 Å². The Balaban J connectivity index is 0.00000288. The zero-order valence-electron chi connectivity index (χ0n) is 13.5. The van der Waals surface area contributed by atoms with Gasteiger partial charge in [0.25, 0.3) is 0 Å². The molecule has 1 saturated carbocycles. The Labute approximate surface area is 157 Å². The molecule has 8 heteroatoms. The van der Waals surface area contributed by atoms with Crippen LogP contribution in [0.15, 0.2) is 29.3 Å². The predicted molar refractivity (Wildman–Crippen MR) is 99.0 cm³/mol. The van der Waals surface area contributed by atoms with Crippen LogP contribution in [0.2, 0.25) is 0 Å². The highest BCUT2D eigenvalue weighted by molar-refractivity contribution is 14.0. The van der Waals surface area contributed by atoms with Gasteiger partial charge in [-0.2, -0.15) is 13.2 Å². The van der Waals surface area contributed by atoms with E-state index in [2.05, 4.69) is 15.6 Å². The number of rotatable bonds is 6. The number of hydrogen-bond donors (Lipinski definition) is 2. The number of nitrogens with one attached hydrogen (secondary N) is 2. The minimum atomic E-state index is -4.17. The van der Waals surface area contributed by atoms with Gasteiger partial charge in [-0.3, -0.25) is 4.99 Å². The fourth-order valence-corrected chi connectivity index (χ4v) is 2.16. The Morgan fingerprint density at radius 3 is 2.54 bits per heavy atom. The average Bonchev–Trinajstić information content (AvgIpc) is 2.46. The second kappa shape index (κ2) is 9.95. The van der Waals surface area contributed by atoms with Gasteiger partial charge in [0.05, 0.1) is 12.5 Å². The van der Waals surface area contributed by atoms with Crippen LogP contribution in [-0.4, -0.2) is 31.8 Å². The summed E-state index contributed by atoms with van der Waals surface area (Å²) >= 11 is 0. The maximum atomic E-state index is 12.2. The first kappa shape index (κ1) is 20.9. The summed E-state index contributed by atoms with van der Waals surface area (Å²) in [6, 6.07) is 7.66. The molecule has 136 valence electrons. The first-order chi connectivity index (χ1) is 11.0. The first-order valence-electron chi connectivity index (χ1n) is 7.74. The Bertz CT molecular complexity index is 534. The lowest BCUT2D eigenvalue weighted by atomic mass is 9.96. The number of alkyl halides is 3. The summed E-state index contributed by atoms with van der Waals surface area (Å²) in [5, 5.41) is 5.67. The van der Waals surface area contributed by atoms with Crippen molar-refractivity contribution < 1.29 is 17.9 Å². The van der Waals surface area contributed by atoms with Crippen molar-refractivity contribution in [3.8, 4) is 5.75 Å². The van der Waals surface area contributed by atoms with Gasteiger partial charge in [0.2, 0.25) is 0 Å². The molecule has 1 aromatic carbocycles. The molecule has 1 aliphatic carbocycles. The van der Waals surface area contributed by atoms with Gasteiger partial charge in [-0.25, -0.2) is 0 Å². The highest BCUT2D eigenvalue weighted by Gasteiger charge is 2.26. The van der Waals surface area contributed by atoms with Crippen molar-refractivity contribution in [2.75, 3.05) is 13.6 Å². The van der Waals surface area contributed by atoms with Gasteiger partial charge < -0.3 is 15.4 Å². The minimum Gasteiger partial charge on any atom is -0.490 e. The summed E-state index contributed by atoms with van der Waals surface area (Å²) in [5.41, 5.74) is 0.957. The van der Waals surface area contributed by atoms with Crippen molar-refractivity contribution in [3.05, 3.63) is 29.8 Å². The minimum absolute atomic E-state index is 0. The Morgan fingerprint density at radius 2 is 1.96 bits per heavy atom. The molecule has 0 atom stereocenters. The van der Waals surface area contributed by atoms with Gasteiger partial charge in [0.15, 0.2) is 5.96 Å². The van der Waals surface area contributed by atoms with Gasteiger partial charge >= 0.3 is 6.18 Å². The summed E-state index contributed by atoms with van der Waals surface area (Å²) in [7, 11) is 1.53. The molecule has 0 unspecified atom stereocenters. The second-order valence-electron chi connectivity index (χ2n) is 5.50. The Hall–Kier alpha value is -1.19. The molecule has 0 radical (unpaired) electrons. The molecule has 0 bridgehead atoms. The fourth-order valence-electron chi connectivity index (χ4n) is 2.16. The van der Waals surface area contributed by atoms with Crippen LogP contribution in [0.3, 0.4) is 0 Å². The highest BCUT2D eigenvalue weighted by atomic mass is 127. The van der Waals surface area contributed by atoms with Crippen LogP contribution in [0, 0.1) is 0 Å². The van der Waals surface area contributed by atoms with Crippen molar-refractivity contribution >= 4 is 29.9 Å². The van der Waals surface area contributed by atoms with Crippen LogP contribution in [-0.2, 0) is 6.54 Å². The maximum absolute atomic E-state index is 12.2. The third-order valence-electron chi connectivity index (χ3n) is 3.69. The standard InChI is InChI=1S/C16H22F3N3O.HI/c1-20-15(21-10-9-16(17,18)19)22-11-12-5-2-3-8-14(12)23-13-6-4-7-13;/h2-3,5,8,13H,4,6-7,9-11H2,1H3,(H2,20,21,22);1H. The van der Waals surface area contributed by atoms with Crippen LogP contribution in [0.1, 0.15) is 31.2 Å². The van der Waals surface area contributed by atoms with Crippen LogP contribution in [0.5, 0.6) is 5.75 Å². The molecule has 0 amide bonds. The summed E-state index contributed by atoms with van der Waals surface area (Å²) in [4.78, 5) is 3.93. The molecule has 0 aliphatic heterocycles. The molecule has 0 saturated heterocycles. The second-order valence-corrected chi connectivity index (χ2v) is 5.50. The van der Waals surface area contributed by atoms with Crippen LogP contribution in [0.4, 0.5) is 13.2 Å². The third kappa shape index (κ3) is 7.14. The lowest BCUT2D eigenvalue weighted by Crippen LogP contribution is -2.38. The number of para-hydroxylation sites is 1. The van der Waals surface area contributed by atoms with E-state index in [1.165, 1.54) is 13.5 Å². The van der Waals surface area contributed by atoms with E-state index in [1.807, 2.05) is 24.3 Å². The largest absolute Gasteiger partial charge is 0.490 e. The van der Waals surface area contributed by atoms with Crippen LogP contribution in [0.25, 0.3) is 0 Å². The molecule has 0 aromatic heterocycles. The van der Waals surface area contributed by atoms with Crippen molar-refractivity contribution in [2.45, 2.75) is 44.5 Å². The normalized spacial score (nSPS) is 15.2. The van der Waals surface area contributed by atoms with Gasteiger partial charge in [-0.15, -0.1) is 24.0 Å². The van der Waals surface area contributed by atoms with E-state index in [4.69, 9.17) is 4.74 Å². The van der Waals surface area contributed by atoms with Crippen molar-refractivity contribution in [2.24, 2.45) is 4.99 Å². The van der Waals surface area contributed by atoms with Crippen molar-refractivity contribution in [1.29, 1.82) is 0 Å². The Morgan fingerprint density at radius 1 is 1.25 bits per heavy atom. The van der Waals surface area contributed by atoms with Gasteiger partial charge in [-0.05, 0) is 25.3 Å². The third-order valence-corrected chi connectivity index (χ3v) is 3.69. The number of guanidine groups is 1. The van der Waals surface area contributed by atoms with Crippen molar-refractivity contribution in [1.82, 2.24) is 10.6 Å². The number of halogens is 4. The van der Waals surface area contributed by atoms with E-state index < -0.39 is 12.6 Å². The van der Waals surface area contributed by atoms with Crippen molar-refractivity contribution in [3.63, 3.8) is 0 Å². The van der Waals surface area contributed by atoms with Crippen LogP contribution < -0.4 is 15.4 Å². The number of ether oxygens (including phenoxy) is 1. The smallest absolute Gasteiger partial charge is 0.390 e. The molecule has 1 aromatic rings. The SMILES string of the molecule is CN=C(NCCC(F)(F)F)NCc1ccccc1OC1CCC1.I. The maximum Gasteiger partial charge on any atom is 0.390 e. The predicted octanol–water partition coefficient (Wildman–Crippen LogP) is 3.85. The number of aliphatic imine (C=N–C) groups is 1. The molecular weight excluding hydrogens is 434 g/mol. The number of hydrogen-bond acceptors (Lipinski definition) is 2. The molecule has 1 fully saturated rings. The molecule has 2 N–H and O–H groups in total. The molecule has 24 heavy (non-hydrogen) atoms. The zero-order chi connectivity index (χ0) is 16.7. The van der Waals surface area contributed by atoms with Gasteiger partial charge in [0, 0.05) is 25.7 Å². The number of nitrogens with zero attached hydrogens (tertiary/aromatic N) is 1. The summed E-state index contributed by atoms with van der Waals surface area (Å²) in [6.07, 6.45) is -1.45. The topological polar surface area (TPSA) is 45.7 Å². The monoisotopic (exact) mass is 457 g/mol.